The largest absolute Gasteiger partial charge is 0.386 e. The molecule has 1 aliphatic heterocycles. The lowest BCUT2D eigenvalue weighted by Gasteiger charge is -2.37. The van der Waals surface area contributed by atoms with E-state index in [1.165, 1.54) is 0 Å². The van der Waals surface area contributed by atoms with Gasteiger partial charge < -0.3 is 10.4 Å². The fourth-order valence-corrected chi connectivity index (χ4v) is 3.29. The molecule has 0 bridgehead atoms. The van der Waals surface area contributed by atoms with Gasteiger partial charge in [-0.1, -0.05) is 12.1 Å². The smallest absolute Gasteiger partial charge is 0.240 e. The summed E-state index contributed by atoms with van der Waals surface area (Å²) in [5.41, 5.74) is 0.641. The summed E-state index contributed by atoms with van der Waals surface area (Å²) in [4.78, 5) is 0.276. The predicted octanol–water partition coefficient (Wildman–Crippen LogP) is -0.0840. The molecule has 1 heterocycles. The first-order valence-corrected chi connectivity index (χ1v) is 7.31. The summed E-state index contributed by atoms with van der Waals surface area (Å²) in [5, 5.41) is 12.8. The Morgan fingerprint density at radius 1 is 1.39 bits per heavy atom. The van der Waals surface area contributed by atoms with Gasteiger partial charge in [0.05, 0.1) is 4.90 Å². The Morgan fingerprint density at radius 3 is 2.61 bits per heavy atom. The Hall–Kier alpha value is -0.950. The summed E-state index contributed by atoms with van der Waals surface area (Å²) in [7, 11) is -3.56. The number of benzene rings is 1. The van der Waals surface area contributed by atoms with Crippen molar-refractivity contribution < 1.29 is 13.5 Å². The molecule has 0 atom stereocenters. The van der Waals surface area contributed by atoms with E-state index < -0.39 is 15.6 Å². The lowest BCUT2D eigenvalue weighted by atomic mass is 9.98. The van der Waals surface area contributed by atoms with Crippen LogP contribution in [-0.2, 0) is 10.0 Å². The van der Waals surface area contributed by atoms with Gasteiger partial charge in [-0.05, 0) is 31.0 Å². The zero-order valence-electron chi connectivity index (χ0n) is 10.5. The first-order valence-electron chi connectivity index (χ1n) is 5.82. The minimum atomic E-state index is -3.56. The number of β-amino-alcohol motifs (C(OH)–C–C–N with tert-alkyl or cyclic N) is 1. The molecule has 0 unspecified atom stereocenters. The third-order valence-electron chi connectivity index (χ3n) is 3.13. The Morgan fingerprint density at radius 2 is 2.06 bits per heavy atom. The molecular formula is C12H18N2O3S. The van der Waals surface area contributed by atoms with Crippen molar-refractivity contribution >= 4 is 10.0 Å². The highest BCUT2D eigenvalue weighted by atomic mass is 32.2. The van der Waals surface area contributed by atoms with Crippen LogP contribution in [0.4, 0.5) is 0 Å². The van der Waals surface area contributed by atoms with E-state index in [0.29, 0.717) is 18.7 Å². The van der Waals surface area contributed by atoms with Crippen LogP contribution in [0.5, 0.6) is 0 Å². The quantitative estimate of drug-likeness (QED) is 0.715. The molecule has 6 heteroatoms. The normalized spacial score (nSPS) is 18.4. The SMILES string of the molecule is Cc1ccc(C)c(S(=O)(=O)NCC2(O)CNC2)c1. The molecule has 5 nitrogen and oxygen atoms in total. The van der Waals surface area contributed by atoms with Gasteiger partial charge in [-0.3, -0.25) is 0 Å². The van der Waals surface area contributed by atoms with Crippen molar-refractivity contribution in [1.29, 1.82) is 0 Å². The highest BCUT2D eigenvalue weighted by molar-refractivity contribution is 7.89. The lowest BCUT2D eigenvalue weighted by Crippen LogP contribution is -2.64. The molecule has 1 aromatic carbocycles. The van der Waals surface area contributed by atoms with Gasteiger partial charge in [0.1, 0.15) is 5.60 Å². The Labute approximate surface area is 107 Å². The van der Waals surface area contributed by atoms with Crippen LogP contribution in [0.25, 0.3) is 0 Å². The van der Waals surface area contributed by atoms with Crippen LogP contribution in [0.1, 0.15) is 11.1 Å². The van der Waals surface area contributed by atoms with E-state index in [4.69, 9.17) is 0 Å². The zero-order chi connectivity index (χ0) is 13.4. The molecule has 0 aromatic heterocycles. The van der Waals surface area contributed by atoms with Crippen LogP contribution in [0, 0.1) is 13.8 Å². The van der Waals surface area contributed by atoms with Crippen molar-refractivity contribution in [3.8, 4) is 0 Å². The number of aliphatic hydroxyl groups is 1. The van der Waals surface area contributed by atoms with Crippen molar-refractivity contribution in [3.63, 3.8) is 0 Å². The Bertz CT molecular complexity index is 550. The molecule has 2 rings (SSSR count). The van der Waals surface area contributed by atoms with E-state index in [1.807, 2.05) is 13.0 Å². The summed E-state index contributed by atoms with van der Waals surface area (Å²) in [6.45, 7) is 4.48. The molecule has 0 saturated carbocycles. The number of hydrogen-bond acceptors (Lipinski definition) is 4. The highest BCUT2D eigenvalue weighted by Crippen LogP contribution is 2.17. The van der Waals surface area contributed by atoms with E-state index in [1.54, 1.807) is 19.1 Å². The summed E-state index contributed by atoms with van der Waals surface area (Å²) in [5.74, 6) is 0. The second-order valence-electron chi connectivity index (χ2n) is 4.92. The van der Waals surface area contributed by atoms with Gasteiger partial charge in [-0.2, -0.15) is 0 Å². The fourth-order valence-electron chi connectivity index (χ4n) is 1.84. The Balaban J connectivity index is 2.17. The second-order valence-corrected chi connectivity index (χ2v) is 6.66. The number of nitrogens with one attached hydrogen (secondary N) is 2. The standard InChI is InChI=1S/C12H18N2O3S/c1-9-3-4-10(2)11(5-9)18(16,17)14-8-12(15)6-13-7-12/h3-5,13-15H,6-8H2,1-2H3. The van der Waals surface area contributed by atoms with Crippen molar-refractivity contribution in [3.05, 3.63) is 29.3 Å². The predicted molar refractivity (Wildman–Crippen MR) is 68.9 cm³/mol. The van der Waals surface area contributed by atoms with Crippen molar-refractivity contribution in [2.75, 3.05) is 19.6 Å². The first-order chi connectivity index (χ1) is 8.32. The highest BCUT2D eigenvalue weighted by Gasteiger charge is 2.35. The van der Waals surface area contributed by atoms with Gasteiger partial charge in [0.2, 0.25) is 10.0 Å². The van der Waals surface area contributed by atoms with Crippen molar-refractivity contribution in [2.45, 2.75) is 24.3 Å². The van der Waals surface area contributed by atoms with Crippen LogP contribution >= 0.6 is 0 Å². The molecule has 1 fully saturated rings. The van der Waals surface area contributed by atoms with Gasteiger partial charge in [0.25, 0.3) is 0 Å². The van der Waals surface area contributed by atoms with Crippen LogP contribution in [0.3, 0.4) is 0 Å². The maximum atomic E-state index is 12.1. The lowest BCUT2D eigenvalue weighted by molar-refractivity contribution is -0.00397. The number of hydrogen-bond donors (Lipinski definition) is 3. The minimum absolute atomic E-state index is 0.0374. The maximum Gasteiger partial charge on any atom is 0.240 e. The van der Waals surface area contributed by atoms with Crippen molar-refractivity contribution in [1.82, 2.24) is 10.0 Å². The summed E-state index contributed by atoms with van der Waals surface area (Å²) in [6, 6.07) is 5.29. The van der Waals surface area contributed by atoms with Crippen molar-refractivity contribution in [2.24, 2.45) is 0 Å². The van der Waals surface area contributed by atoms with Crippen LogP contribution < -0.4 is 10.0 Å². The van der Waals surface area contributed by atoms with Crippen LogP contribution in [0.2, 0.25) is 0 Å². The van der Waals surface area contributed by atoms with Gasteiger partial charge >= 0.3 is 0 Å². The molecule has 3 N–H and O–H groups in total. The molecule has 100 valence electrons. The van der Waals surface area contributed by atoms with Gasteiger partial charge in [-0.25, -0.2) is 13.1 Å². The zero-order valence-corrected chi connectivity index (χ0v) is 11.3. The minimum Gasteiger partial charge on any atom is -0.386 e. The maximum absolute atomic E-state index is 12.1. The summed E-state index contributed by atoms with van der Waals surface area (Å²) in [6.07, 6.45) is 0. The van der Waals surface area contributed by atoms with E-state index in [0.717, 1.165) is 5.56 Å². The van der Waals surface area contributed by atoms with E-state index in [2.05, 4.69) is 10.0 Å². The van der Waals surface area contributed by atoms with Gasteiger partial charge in [0, 0.05) is 19.6 Å². The number of rotatable bonds is 4. The van der Waals surface area contributed by atoms with E-state index in [9.17, 15) is 13.5 Å². The van der Waals surface area contributed by atoms with Gasteiger partial charge in [0.15, 0.2) is 0 Å². The first kappa shape index (κ1) is 13.5. The molecule has 0 aliphatic carbocycles. The molecule has 1 aliphatic rings. The summed E-state index contributed by atoms with van der Waals surface area (Å²) >= 11 is 0. The number of aryl methyl sites for hydroxylation is 2. The summed E-state index contributed by atoms with van der Waals surface area (Å²) < 4.78 is 26.8. The molecule has 1 saturated heterocycles. The monoisotopic (exact) mass is 270 g/mol. The molecule has 0 radical (unpaired) electrons. The Kier molecular flexibility index (Phi) is 3.46. The third-order valence-corrected chi connectivity index (χ3v) is 4.68. The second kappa shape index (κ2) is 4.62. The van der Waals surface area contributed by atoms with E-state index in [-0.39, 0.29) is 11.4 Å². The average molecular weight is 270 g/mol. The number of sulfonamides is 1. The average Bonchev–Trinajstić information content (AvgIpc) is 2.27. The van der Waals surface area contributed by atoms with Crippen LogP contribution in [-0.4, -0.2) is 38.8 Å². The van der Waals surface area contributed by atoms with Crippen LogP contribution in [0.15, 0.2) is 23.1 Å². The molecule has 18 heavy (non-hydrogen) atoms. The topological polar surface area (TPSA) is 78.4 Å². The van der Waals surface area contributed by atoms with E-state index >= 15 is 0 Å². The molecule has 1 aromatic rings. The molecular weight excluding hydrogens is 252 g/mol. The third kappa shape index (κ3) is 2.72. The fraction of sp³-hybridized carbons (Fsp3) is 0.500. The van der Waals surface area contributed by atoms with Gasteiger partial charge in [-0.15, -0.1) is 0 Å². The molecule has 0 spiro atoms. The molecule has 0 amide bonds.